The van der Waals surface area contributed by atoms with Crippen molar-refractivity contribution in [1.29, 1.82) is 0 Å². The molecule has 0 fully saturated rings. The Kier molecular flexibility index (Phi) is 12.3. The molecule has 1 radical (unpaired) electrons. The Labute approximate surface area is 314 Å². The van der Waals surface area contributed by atoms with Crippen molar-refractivity contribution >= 4 is 49.1 Å². The van der Waals surface area contributed by atoms with E-state index in [0.717, 1.165) is 59.0 Å². The minimum atomic E-state index is -0.337. The van der Waals surface area contributed by atoms with Gasteiger partial charge in [-0.2, -0.15) is 0 Å². The number of benzene rings is 3. The Balaban J connectivity index is 0.000000269. The molecule has 7 heteroatoms. The zero-order chi connectivity index (χ0) is 35.6. The van der Waals surface area contributed by atoms with E-state index in [4.69, 9.17) is 4.42 Å². The molecule has 0 aliphatic carbocycles. The number of aromatic nitrogens is 2. The van der Waals surface area contributed by atoms with Crippen molar-refractivity contribution in [3.63, 3.8) is 0 Å². The van der Waals surface area contributed by atoms with Gasteiger partial charge in [-0.15, -0.1) is 40.5 Å². The van der Waals surface area contributed by atoms with E-state index < -0.39 is 0 Å². The van der Waals surface area contributed by atoms with Gasteiger partial charge in [-0.1, -0.05) is 104 Å². The van der Waals surface area contributed by atoms with Gasteiger partial charge in [0.25, 0.3) is 0 Å². The van der Waals surface area contributed by atoms with Crippen LogP contribution in [0.5, 0.6) is 0 Å². The van der Waals surface area contributed by atoms with Crippen molar-refractivity contribution in [2.45, 2.75) is 93.4 Å². The van der Waals surface area contributed by atoms with Crippen LogP contribution in [0.3, 0.4) is 0 Å². The van der Waals surface area contributed by atoms with Crippen molar-refractivity contribution in [3.05, 3.63) is 95.8 Å². The van der Waals surface area contributed by atoms with Crippen LogP contribution in [-0.2, 0) is 30.3 Å². The van der Waals surface area contributed by atoms with E-state index >= 15 is 0 Å². The number of hydrogen-bond donors (Lipinski definition) is 1. The normalized spacial score (nSPS) is 12.5. The van der Waals surface area contributed by atoms with Crippen LogP contribution in [0.4, 0.5) is 0 Å². The number of ketones is 1. The van der Waals surface area contributed by atoms with Gasteiger partial charge >= 0.3 is 0 Å². The first-order chi connectivity index (χ1) is 23.3. The van der Waals surface area contributed by atoms with Gasteiger partial charge in [-0.05, 0) is 60.1 Å². The monoisotopic (exact) mass is 866 g/mol. The zero-order valence-electron chi connectivity index (χ0n) is 30.7. The first kappa shape index (κ1) is 39.2. The summed E-state index contributed by atoms with van der Waals surface area (Å²) in [5.41, 5.74) is 4.15. The van der Waals surface area contributed by atoms with E-state index in [2.05, 4.69) is 103 Å². The van der Waals surface area contributed by atoms with Crippen LogP contribution >= 0.6 is 11.3 Å². The fourth-order valence-corrected chi connectivity index (χ4v) is 6.97. The number of rotatable bonds is 9. The van der Waals surface area contributed by atoms with Gasteiger partial charge in [-0.25, -0.2) is 4.98 Å². The number of carbonyl (C=O) groups is 1. The molecule has 0 atom stereocenters. The second kappa shape index (κ2) is 15.7. The summed E-state index contributed by atoms with van der Waals surface area (Å²) in [6, 6.07) is 24.7. The summed E-state index contributed by atoms with van der Waals surface area (Å²) in [5, 5.41) is 16.7. The van der Waals surface area contributed by atoms with E-state index in [1.807, 2.05) is 41.5 Å². The molecule has 0 spiro atoms. The van der Waals surface area contributed by atoms with Gasteiger partial charge in [0.05, 0.1) is 0 Å². The minimum absolute atomic E-state index is 0. The quantitative estimate of drug-likeness (QED) is 0.0890. The molecule has 1 N–H and O–H groups in total. The van der Waals surface area contributed by atoms with E-state index in [0.29, 0.717) is 5.71 Å². The first-order valence-corrected chi connectivity index (χ1v) is 18.3. The summed E-state index contributed by atoms with van der Waals surface area (Å²) in [5.74, 6) is 1.10. The van der Waals surface area contributed by atoms with E-state index in [-0.39, 0.29) is 47.9 Å². The molecule has 3 aromatic heterocycles. The summed E-state index contributed by atoms with van der Waals surface area (Å²) in [6.07, 6.45) is 6.33. The summed E-state index contributed by atoms with van der Waals surface area (Å²) in [4.78, 5) is 21.3. The smallest absolute Gasteiger partial charge is 0.222 e. The fraction of sp³-hybridized carbons (Fsp3) is 0.372. The standard InChI is InChI=1S/C28H21N2OS.C15H28O2.Ir/c1-28(2,3)23-14-19(13-18-7-4-5-9-20(18)23)25-22-15-24(31-27(22)30-16-29-25)21-10-6-8-17-11-12-32-26(17)21;1-7-14(5,8-2)12(16)11-13(17)15(6,9-3)10-4;/h4-12,14-16H,1-3H3;11,16H,7-10H2,1-6H3;/q-1;;/b;12-11-;. The largest absolute Gasteiger partial charge is 0.512 e. The number of furan rings is 1. The number of hydrogen-bond acceptors (Lipinski definition) is 6. The molecule has 0 bridgehead atoms. The second-order valence-corrected chi connectivity index (χ2v) is 15.4. The molecule has 0 saturated heterocycles. The maximum Gasteiger partial charge on any atom is 0.222 e. The van der Waals surface area contributed by atoms with Crippen LogP contribution < -0.4 is 0 Å². The van der Waals surface area contributed by atoms with Crippen molar-refractivity contribution in [1.82, 2.24) is 9.97 Å². The minimum Gasteiger partial charge on any atom is -0.512 e. The second-order valence-electron chi connectivity index (χ2n) is 14.5. The fourth-order valence-electron chi connectivity index (χ4n) is 6.05. The van der Waals surface area contributed by atoms with Crippen molar-refractivity contribution < 1.29 is 34.4 Å². The molecule has 3 aromatic carbocycles. The van der Waals surface area contributed by atoms with E-state index in [9.17, 15) is 9.90 Å². The molecule has 5 nitrogen and oxygen atoms in total. The Morgan fingerprint density at radius 2 is 1.54 bits per heavy atom. The SMILES string of the molecule is CC(C)(C)c1cc(-c2ncnc3oc(-c4cccc5ccsc45)cc23)[c-]c2ccccc12.CCC(C)(CC)C(=O)/C=C(\O)C(C)(CC)CC.[Ir]. The molecule has 3 heterocycles. The Bertz CT molecular complexity index is 2130. The summed E-state index contributed by atoms with van der Waals surface area (Å²) < 4.78 is 7.44. The first-order valence-electron chi connectivity index (χ1n) is 17.4. The third-order valence-corrected chi connectivity index (χ3v) is 11.5. The summed E-state index contributed by atoms with van der Waals surface area (Å²) in [6.45, 7) is 18.8. The summed E-state index contributed by atoms with van der Waals surface area (Å²) >= 11 is 1.72. The number of fused-ring (bicyclic) bond motifs is 3. The van der Waals surface area contributed by atoms with Crippen LogP contribution in [0.2, 0.25) is 0 Å². The molecule has 0 aliphatic rings. The number of allylic oxidation sites excluding steroid dienone is 2. The van der Waals surface area contributed by atoms with Crippen LogP contribution in [0.1, 0.15) is 93.6 Å². The van der Waals surface area contributed by atoms with Crippen LogP contribution in [-0.4, -0.2) is 20.9 Å². The van der Waals surface area contributed by atoms with Gasteiger partial charge in [-0.3, -0.25) is 9.78 Å². The third-order valence-electron chi connectivity index (χ3n) is 10.5. The third kappa shape index (κ3) is 7.81. The van der Waals surface area contributed by atoms with Gasteiger partial charge < -0.3 is 9.52 Å². The molecule has 0 amide bonds. The predicted octanol–water partition coefficient (Wildman–Crippen LogP) is 12.7. The summed E-state index contributed by atoms with van der Waals surface area (Å²) in [7, 11) is 0. The van der Waals surface area contributed by atoms with Gasteiger partial charge in [0.1, 0.15) is 17.8 Å². The van der Waals surface area contributed by atoms with Gasteiger partial charge in [0.15, 0.2) is 5.78 Å². The Morgan fingerprint density at radius 3 is 2.20 bits per heavy atom. The average molecular weight is 866 g/mol. The average Bonchev–Trinajstić information content (AvgIpc) is 3.78. The molecule has 6 aromatic rings. The molecule has 265 valence electrons. The molecule has 0 unspecified atom stereocenters. The Hall–Kier alpha value is -3.64. The number of aliphatic hydroxyl groups is 1. The molecule has 6 rings (SSSR count). The van der Waals surface area contributed by atoms with Crippen molar-refractivity contribution in [2.75, 3.05) is 0 Å². The predicted molar refractivity (Wildman–Crippen MR) is 206 cm³/mol. The molecular formula is C43H49IrN2O3S-. The number of nitrogens with zero attached hydrogens (tertiary/aromatic N) is 2. The number of thiophene rings is 1. The molecule has 50 heavy (non-hydrogen) atoms. The van der Waals surface area contributed by atoms with E-state index in [1.165, 1.54) is 27.1 Å². The number of carbonyl (C=O) groups excluding carboxylic acids is 1. The van der Waals surface area contributed by atoms with Crippen molar-refractivity contribution in [3.8, 4) is 22.6 Å². The van der Waals surface area contributed by atoms with Crippen LogP contribution in [0, 0.1) is 16.9 Å². The molecular weight excluding hydrogens is 817 g/mol. The molecule has 0 saturated carbocycles. The molecule has 0 aliphatic heterocycles. The van der Waals surface area contributed by atoms with Crippen molar-refractivity contribution in [2.24, 2.45) is 10.8 Å². The van der Waals surface area contributed by atoms with Gasteiger partial charge in [0, 0.05) is 58.4 Å². The van der Waals surface area contributed by atoms with Crippen LogP contribution in [0.15, 0.2) is 88.6 Å². The maximum atomic E-state index is 12.2. The topological polar surface area (TPSA) is 76.2 Å². The number of aliphatic hydroxyl groups excluding tert-OH is 1. The van der Waals surface area contributed by atoms with Gasteiger partial charge in [0.2, 0.25) is 5.71 Å². The maximum absolute atomic E-state index is 12.2. The Morgan fingerprint density at radius 1 is 0.860 bits per heavy atom. The zero-order valence-corrected chi connectivity index (χ0v) is 33.9. The van der Waals surface area contributed by atoms with Crippen LogP contribution in [0.25, 0.3) is 54.5 Å². The van der Waals surface area contributed by atoms with E-state index in [1.54, 1.807) is 17.7 Å².